The molecular formula is C19H22O4S. The minimum Gasteiger partial charge on any atom is -0.396 e. The van der Waals surface area contributed by atoms with Gasteiger partial charge in [-0.1, -0.05) is 49.4 Å². The normalized spacial score (nSPS) is 22.3. The Hall–Kier alpha value is -1.69. The Kier molecular flexibility index (Phi) is 4.51. The van der Waals surface area contributed by atoms with Gasteiger partial charge in [0.2, 0.25) is 0 Å². The van der Waals surface area contributed by atoms with Crippen LogP contribution >= 0.6 is 0 Å². The van der Waals surface area contributed by atoms with Crippen molar-refractivity contribution >= 4 is 9.84 Å². The summed E-state index contributed by atoms with van der Waals surface area (Å²) in [6.07, 6.45) is 0.905. The van der Waals surface area contributed by atoms with Crippen LogP contribution in [0.25, 0.3) is 0 Å². The van der Waals surface area contributed by atoms with Crippen molar-refractivity contribution in [3.63, 3.8) is 0 Å². The molecule has 0 spiro atoms. The lowest BCUT2D eigenvalue weighted by Gasteiger charge is -2.11. The van der Waals surface area contributed by atoms with E-state index in [0.717, 1.165) is 12.0 Å². The highest BCUT2D eigenvalue weighted by Gasteiger charge is 2.70. The highest BCUT2D eigenvalue weighted by Crippen LogP contribution is 2.63. The molecule has 0 unspecified atom stereocenters. The third-order valence-electron chi connectivity index (χ3n) is 5.12. The molecule has 1 saturated carbocycles. The van der Waals surface area contributed by atoms with E-state index in [0.29, 0.717) is 0 Å². The quantitative estimate of drug-likeness (QED) is 0.840. The van der Waals surface area contributed by atoms with Gasteiger partial charge in [0.25, 0.3) is 0 Å². The molecule has 0 heterocycles. The van der Waals surface area contributed by atoms with Gasteiger partial charge in [-0.2, -0.15) is 0 Å². The minimum absolute atomic E-state index is 0.231. The average molecular weight is 346 g/mol. The minimum atomic E-state index is -3.63. The zero-order valence-corrected chi connectivity index (χ0v) is 14.4. The third-order valence-corrected chi connectivity index (χ3v) is 7.46. The molecule has 128 valence electrons. The molecule has 1 aliphatic carbocycles. The first-order valence-electron chi connectivity index (χ1n) is 8.10. The first kappa shape index (κ1) is 17.1. The van der Waals surface area contributed by atoms with Crippen LogP contribution in [0.4, 0.5) is 0 Å². The monoisotopic (exact) mass is 346 g/mol. The summed E-state index contributed by atoms with van der Waals surface area (Å²) in [7, 11) is -3.63. The molecule has 0 amide bonds. The van der Waals surface area contributed by atoms with Crippen LogP contribution in [0.1, 0.15) is 24.0 Å². The Morgan fingerprint density at radius 1 is 0.958 bits per heavy atom. The molecule has 3 rings (SSSR count). The molecule has 4 nitrogen and oxygen atoms in total. The van der Waals surface area contributed by atoms with Crippen LogP contribution in [0.3, 0.4) is 0 Å². The Morgan fingerprint density at radius 2 is 1.54 bits per heavy atom. The molecule has 0 radical (unpaired) electrons. The molecule has 5 heteroatoms. The second-order valence-electron chi connectivity index (χ2n) is 6.40. The van der Waals surface area contributed by atoms with Gasteiger partial charge in [0.1, 0.15) is 0 Å². The van der Waals surface area contributed by atoms with Gasteiger partial charge in [-0.05, 0) is 29.7 Å². The molecule has 2 N–H and O–H groups in total. The molecule has 2 aromatic rings. The van der Waals surface area contributed by atoms with Crippen LogP contribution in [0, 0.1) is 5.41 Å². The molecule has 1 aliphatic rings. The Morgan fingerprint density at radius 3 is 2.04 bits per heavy atom. The van der Waals surface area contributed by atoms with E-state index in [2.05, 4.69) is 6.92 Å². The molecule has 2 aromatic carbocycles. The lowest BCUT2D eigenvalue weighted by molar-refractivity contribution is 0.130. The predicted molar refractivity (Wildman–Crippen MR) is 92.6 cm³/mol. The Labute approximate surface area is 142 Å². The van der Waals surface area contributed by atoms with Crippen molar-refractivity contribution in [2.24, 2.45) is 5.41 Å². The number of hydrogen-bond donors (Lipinski definition) is 2. The smallest absolute Gasteiger partial charge is 0.182 e. The third kappa shape index (κ3) is 2.57. The molecule has 1 fully saturated rings. The Bertz CT molecular complexity index is 793. The van der Waals surface area contributed by atoms with E-state index < -0.39 is 26.4 Å². The molecule has 0 saturated heterocycles. The summed E-state index contributed by atoms with van der Waals surface area (Å²) in [6, 6.07) is 16.0. The van der Waals surface area contributed by atoms with Crippen molar-refractivity contribution in [1.29, 1.82) is 0 Å². The van der Waals surface area contributed by atoms with Crippen molar-refractivity contribution < 1.29 is 18.6 Å². The van der Waals surface area contributed by atoms with Crippen LogP contribution in [-0.2, 0) is 16.3 Å². The number of sulfone groups is 1. The fraction of sp³-hybridized carbons (Fsp3) is 0.368. The van der Waals surface area contributed by atoms with Gasteiger partial charge < -0.3 is 10.2 Å². The maximum absolute atomic E-state index is 13.0. The topological polar surface area (TPSA) is 74.6 Å². The fourth-order valence-corrected chi connectivity index (χ4v) is 6.04. The molecule has 24 heavy (non-hydrogen) atoms. The van der Waals surface area contributed by atoms with E-state index in [-0.39, 0.29) is 18.1 Å². The number of benzene rings is 2. The van der Waals surface area contributed by atoms with Crippen molar-refractivity contribution in [3.05, 3.63) is 65.7 Å². The van der Waals surface area contributed by atoms with Crippen LogP contribution in [-0.4, -0.2) is 37.1 Å². The molecular weight excluding hydrogens is 324 g/mol. The summed E-state index contributed by atoms with van der Waals surface area (Å²) >= 11 is 0. The van der Waals surface area contributed by atoms with Crippen molar-refractivity contribution in [3.8, 4) is 0 Å². The standard InChI is InChI=1S/C19H22O4S/c1-2-14-8-10-15(11-9-14)17-18(19(17,12-20)13-21)24(22,23)16-6-4-3-5-7-16/h3-11,17-18,20-21H,2,12-13H2,1H3/t17-,18+/m1/s1. The SMILES string of the molecule is CCc1ccc([C@@H]2[C@H](S(=O)(=O)c3ccccc3)C2(CO)CO)cc1. The van der Waals surface area contributed by atoms with Crippen LogP contribution in [0.5, 0.6) is 0 Å². The summed E-state index contributed by atoms with van der Waals surface area (Å²) < 4.78 is 26.0. The maximum Gasteiger partial charge on any atom is 0.182 e. The molecule has 0 bridgehead atoms. The van der Waals surface area contributed by atoms with E-state index in [1.54, 1.807) is 30.3 Å². The van der Waals surface area contributed by atoms with Gasteiger partial charge in [0.15, 0.2) is 9.84 Å². The van der Waals surface area contributed by atoms with Gasteiger partial charge in [0, 0.05) is 11.3 Å². The number of aryl methyl sites for hydroxylation is 1. The maximum atomic E-state index is 13.0. The molecule has 2 atom stereocenters. The number of hydrogen-bond acceptors (Lipinski definition) is 4. The largest absolute Gasteiger partial charge is 0.396 e. The lowest BCUT2D eigenvalue weighted by Crippen LogP contribution is -2.22. The summed E-state index contributed by atoms with van der Waals surface area (Å²) in [4.78, 5) is 0.231. The number of aliphatic hydroxyl groups is 2. The van der Waals surface area contributed by atoms with E-state index in [9.17, 15) is 18.6 Å². The van der Waals surface area contributed by atoms with Crippen LogP contribution < -0.4 is 0 Å². The second kappa shape index (κ2) is 6.31. The van der Waals surface area contributed by atoms with Gasteiger partial charge in [-0.25, -0.2) is 8.42 Å². The molecule has 0 aliphatic heterocycles. The summed E-state index contributed by atoms with van der Waals surface area (Å²) in [5.74, 6) is -0.399. The summed E-state index contributed by atoms with van der Waals surface area (Å²) in [6.45, 7) is 1.33. The van der Waals surface area contributed by atoms with Crippen molar-refractivity contribution in [1.82, 2.24) is 0 Å². The van der Waals surface area contributed by atoms with Crippen molar-refractivity contribution in [2.45, 2.75) is 29.4 Å². The van der Waals surface area contributed by atoms with Crippen LogP contribution in [0.2, 0.25) is 0 Å². The van der Waals surface area contributed by atoms with Crippen LogP contribution in [0.15, 0.2) is 59.5 Å². The zero-order valence-electron chi connectivity index (χ0n) is 13.6. The lowest BCUT2D eigenvalue weighted by atomic mass is 9.99. The first-order chi connectivity index (χ1) is 11.5. The zero-order chi connectivity index (χ0) is 17.4. The number of aliphatic hydroxyl groups excluding tert-OH is 2. The summed E-state index contributed by atoms with van der Waals surface area (Å²) in [5, 5.41) is 18.9. The van der Waals surface area contributed by atoms with E-state index >= 15 is 0 Å². The highest BCUT2D eigenvalue weighted by atomic mass is 32.2. The Balaban J connectivity index is 2.02. The number of rotatable bonds is 6. The van der Waals surface area contributed by atoms with Gasteiger partial charge in [-0.3, -0.25) is 0 Å². The summed E-state index contributed by atoms with van der Waals surface area (Å²) in [5.41, 5.74) is 0.989. The highest BCUT2D eigenvalue weighted by molar-refractivity contribution is 7.92. The van der Waals surface area contributed by atoms with E-state index in [4.69, 9.17) is 0 Å². The predicted octanol–water partition coefficient (Wildman–Crippen LogP) is 2.16. The first-order valence-corrected chi connectivity index (χ1v) is 9.65. The second-order valence-corrected chi connectivity index (χ2v) is 8.47. The van der Waals surface area contributed by atoms with Gasteiger partial charge >= 0.3 is 0 Å². The van der Waals surface area contributed by atoms with Gasteiger partial charge in [0.05, 0.1) is 23.4 Å². The van der Waals surface area contributed by atoms with Gasteiger partial charge in [-0.15, -0.1) is 0 Å². The molecule has 0 aromatic heterocycles. The van der Waals surface area contributed by atoms with E-state index in [1.165, 1.54) is 5.56 Å². The van der Waals surface area contributed by atoms with Crippen molar-refractivity contribution in [2.75, 3.05) is 13.2 Å². The van der Waals surface area contributed by atoms with E-state index in [1.807, 2.05) is 24.3 Å². The average Bonchev–Trinajstić information content (AvgIpc) is 3.33. The fourth-order valence-electron chi connectivity index (χ4n) is 3.59.